The molecule has 0 saturated heterocycles. The summed E-state index contributed by atoms with van der Waals surface area (Å²) in [6, 6.07) is 32.6. The molecule has 184 valence electrons. The lowest BCUT2D eigenvalue weighted by molar-refractivity contribution is 0.631. The number of para-hydroxylation sites is 2. The van der Waals surface area contributed by atoms with Crippen molar-refractivity contribution in [3.63, 3.8) is 0 Å². The number of nitriles is 2. The topological polar surface area (TPSA) is 81.5 Å². The lowest BCUT2D eigenvalue weighted by atomic mass is 9.74. The predicted molar refractivity (Wildman–Crippen MR) is 153 cm³/mol. The molecule has 0 spiro atoms. The van der Waals surface area contributed by atoms with E-state index in [2.05, 4.69) is 89.0 Å². The number of hydrogen-bond acceptors (Lipinski definition) is 5. The molecule has 0 bridgehead atoms. The lowest BCUT2D eigenvalue weighted by Crippen LogP contribution is -2.31. The van der Waals surface area contributed by atoms with Gasteiger partial charge in [0.1, 0.15) is 0 Å². The van der Waals surface area contributed by atoms with Crippen molar-refractivity contribution < 1.29 is 0 Å². The highest BCUT2D eigenvalue weighted by Crippen LogP contribution is 2.51. The summed E-state index contributed by atoms with van der Waals surface area (Å²) in [6.07, 6.45) is 3.55. The number of nitrogens with zero attached hydrogens (tertiary/aromatic N) is 6. The van der Waals surface area contributed by atoms with Crippen molar-refractivity contribution in [2.75, 3.05) is 4.90 Å². The highest BCUT2D eigenvalue weighted by molar-refractivity contribution is 6.10. The van der Waals surface area contributed by atoms with Crippen LogP contribution in [0, 0.1) is 22.7 Å². The van der Waals surface area contributed by atoms with Crippen molar-refractivity contribution >= 4 is 39.0 Å². The molecule has 6 aromatic rings. The molecule has 6 nitrogen and oxygen atoms in total. The average molecular weight is 503 g/mol. The lowest BCUT2D eigenvalue weighted by Gasteiger charge is -2.41. The maximum Gasteiger partial charge on any atom is 0.158 e. The predicted octanol–water partition coefficient (Wildman–Crippen LogP) is 7.43. The normalized spacial score (nSPS) is 13.5. The number of hydrogen-bond donors (Lipinski definition) is 0. The SMILES string of the molecule is CC1(C)c2ccccc2N(c2cncc(-n3c4ccc(C#N)cc4c4cc(C#N)ccc43)n2)c2ccccc21. The standard InChI is InChI=1S/C33H22N6/c1-33(2)25-7-3-5-9-29(25)39(30-10-6-4-8-26(30)33)32-20-36-19-31(37-32)38-27-13-11-21(17-34)15-23(27)24-16-22(18-35)12-14-28(24)38/h3-16,19-20H,1-2H3. The summed E-state index contributed by atoms with van der Waals surface area (Å²) in [5.41, 5.74) is 7.34. The Balaban J connectivity index is 1.49. The number of aromatic nitrogens is 3. The monoisotopic (exact) mass is 502 g/mol. The molecule has 0 amide bonds. The summed E-state index contributed by atoms with van der Waals surface area (Å²) < 4.78 is 2.05. The summed E-state index contributed by atoms with van der Waals surface area (Å²) in [5, 5.41) is 20.9. The Bertz CT molecular complexity index is 1920. The maximum absolute atomic E-state index is 9.53. The summed E-state index contributed by atoms with van der Waals surface area (Å²) in [4.78, 5) is 12.0. The molecule has 2 aromatic heterocycles. The first-order valence-corrected chi connectivity index (χ1v) is 12.7. The van der Waals surface area contributed by atoms with Crippen molar-refractivity contribution in [3.05, 3.63) is 120 Å². The molecule has 1 aliphatic rings. The van der Waals surface area contributed by atoms with Crippen LogP contribution < -0.4 is 4.90 Å². The second kappa shape index (κ2) is 8.28. The fraction of sp³-hybridized carbons (Fsp3) is 0.0909. The molecule has 0 radical (unpaired) electrons. The minimum absolute atomic E-state index is 0.168. The molecule has 6 heteroatoms. The van der Waals surface area contributed by atoms with E-state index in [1.165, 1.54) is 11.1 Å². The van der Waals surface area contributed by atoms with Crippen LogP contribution >= 0.6 is 0 Å². The van der Waals surface area contributed by atoms with Gasteiger partial charge in [-0.1, -0.05) is 50.2 Å². The van der Waals surface area contributed by atoms with Crippen molar-refractivity contribution in [3.8, 4) is 18.0 Å². The summed E-state index contributed by atoms with van der Waals surface area (Å²) in [6.45, 7) is 4.51. The van der Waals surface area contributed by atoms with E-state index in [1.54, 1.807) is 24.5 Å². The molecule has 3 heterocycles. The Hall–Kier alpha value is -5.46. The first-order chi connectivity index (χ1) is 19.0. The molecule has 7 rings (SSSR count). The number of benzene rings is 4. The zero-order chi connectivity index (χ0) is 26.7. The van der Waals surface area contributed by atoms with Gasteiger partial charge in [-0.15, -0.1) is 0 Å². The van der Waals surface area contributed by atoms with Crippen LogP contribution in [-0.2, 0) is 5.41 Å². The molecule has 0 N–H and O–H groups in total. The molecule has 0 aliphatic carbocycles. The van der Waals surface area contributed by atoms with Gasteiger partial charge < -0.3 is 0 Å². The van der Waals surface area contributed by atoms with Gasteiger partial charge >= 0.3 is 0 Å². The smallest absolute Gasteiger partial charge is 0.158 e. The van der Waals surface area contributed by atoms with E-state index < -0.39 is 0 Å². The minimum atomic E-state index is -0.168. The van der Waals surface area contributed by atoms with Gasteiger partial charge in [0.05, 0.1) is 58.1 Å². The molecule has 0 unspecified atom stereocenters. The Kier molecular flexibility index (Phi) is 4.82. The Labute approximate surface area is 225 Å². The van der Waals surface area contributed by atoms with Gasteiger partial charge in [-0.3, -0.25) is 14.5 Å². The van der Waals surface area contributed by atoms with Gasteiger partial charge in [0.25, 0.3) is 0 Å². The van der Waals surface area contributed by atoms with E-state index in [-0.39, 0.29) is 5.41 Å². The molecule has 0 saturated carbocycles. The van der Waals surface area contributed by atoms with Gasteiger partial charge in [0.2, 0.25) is 0 Å². The van der Waals surface area contributed by atoms with Crippen LogP contribution in [0.25, 0.3) is 27.6 Å². The number of anilines is 3. The van der Waals surface area contributed by atoms with E-state index in [0.29, 0.717) is 22.8 Å². The quantitative estimate of drug-likeness (QED) is 0.246. The van der Waals surface area contributed by atoms with Gasteiger partial charge in [-0.25, -0.2) is 4.98 Å². The van der Waals surface area contributed by atoms with Crippen LogP contribution in [0.3, 0.4) is 0 Å². The molecule has 0 fully saturated rings. The fourth-order valence-electron chi connectivity index (χ4n) is 5.89. The molecular formula is C33H22N6. The van der Waals surface area contributed by atoms with Crippen molar-refractivity contribution in [1.82, 2.24) is 14.5 Å². The second-order valence-corrected chi connectivity index (χ2v) is 10.3. The Morgan fingerprint density at radius 1 is 0.667 bits per heavy atom. The zero-order valence-electron chi connectivity index (χ0n) is 21.4. The molecule has 0 atom stereocenters. The van der Waals surface area contributed by atoms with Crippen LogP contribution in [-0.4, -0.2) is 14.5 Å². The first kappa shape index (κ1) is 22.7. The van der Waals surface area contributed by atoms with Gasteiger partial charge in [0, 0.05) is 16.2 Å². The van der Waals surface area contributed by atoms with Crippen LogP contribution in [0.1, 0.15) is 36.1 Å². The zero-order valence-corrected chi connectivity index (χ0v) is 21.4. The molecule has 39 heavy (non-hydrogen) atoms. The average Bonchev–Trinajstić information content (AvgIpc) is 3.30. The van der Waals surface area contributed by atoms with E-state index in [4.69, 9.17) is 4.98 Å². The van der Waals surface area contributed by atoms with Gasteiger partial charge in [0.15, 0.2) is 11.6 Å². The van der Waals surface area contributed by atoms with E-state index in [0.717, 1.165) is 33.2 Å². The Morgan fingerprint density at radius 2 is 1.18 bits per heavy atom. The summed E-state index contributed by atoms with van der Waals surface area (Å²) in [5.74, 6) is 1.36. The van der Waals surface area contributed by atoms with Crippen LogP contribution in [0.15, 0.2) is 97.3 Å². The minimum Gasteiger partial charge on any atom is -0.293 e. The second-order valence-electron chi connectivity index (χ2n) is 10.3. The molecule has 1 aliphatic heterocycles. The number of rotatable bonds is 2. The van der Waals surface area contributed by atoms with Crippen molar-refractivity contribution in [2.24, 2.45) is 0 Å². The van der Waals surface area contributed by atoms with Crippen LogP contribution in [0.4, 0.5) is 17.2 Å². The first-order valence-electron chi connectivity index (χ1n) is 12.7. The molecular weight excluding hydrogens is 480 g/mol. The van der Waals surface area contributed by atoms with Gasteiger partial charge in [-0.2, -0.15) is 10.5 Å². The third-order valence-electron chi connectivity index (χ3n) is 7.73. The van der Waals surface area contributed by atoms with E-state index in [1.807, 2.05) is 24.3 Å². The van der Waals surface area contributed by atoms with Gasteiger partial charge in [-0.05, 0) is 59.7 Å². The maximum atomic E-state index is 9.53. The third-order valence-corrected chi connectivity index (χ3v) is 7.73. The summed E-state index contributed by atoms with van der Waals surface area (Å²) in [7, 11) is 0. The summed E-state index contributed by atoms with van der Waals surface area (Å²) >= 11 is 0. The number of fused-ring (bicyclic) bond motifs is 5. The van der Waals surface area contributed by atoms with E-state index in [9.17, 15) is 10.5 Å². The van der Waals surface area contributed by atoms with Crippen LogP contribution in [0.2, 0.25) is 0 Å². The van der Waals surface area contributed by atoms with Crippen molar-refractivity contribution in [1.29, 1.82) is 10.5 Å². The Morgan fingerprint density at radius 3 is 1.72 bits per heavy atom. The third kappa shape index (κ3) is 3.26. The van der Waals surface area contributed by atoms with Crippen LogP contribution in [0.5, 0.6) is 0 Å². The highest BCUT2D eigenvalue weighted by atomic mass is 15.2. The van der Waals surface area contributed by atoms with Crippen molar-refractivity contribution in [2.45, 2.75) is 19.3 Å². The fourth-order valence-corrected chi connectivity index (χ4v) is 5.89. The highest BCUT2D eigenvalue weighted by Gasteiger charge is 2.37. The van der Waals surface area contributed by atoms with E-state index >= 15 is 0 Å². The molecule has 4 aromatic carbocycles. The largest absolute Gasteiger partial charge is 0.293 e.